The Bertz CT molecular complexity index is 2420. The third-order valence-corrected chi connectivity index (χ3v) is 16.8. The summed E-state index contributed by atoms with van der Waals surface area (Å²) in [6.07, 6.45) is 4.02. The Balaban J connectivity index is 0.000000154. The molecule has 1 N–H and O–H groups in total. The van der Waals surface area contributed by atoms with Gasteiger partial charge in [0.1, 0.15) is 0 Å². The highest BCUT2D eigenvalue weighted by atomic mass is 79.9. The summed E-state index contributed by atoms with van der Waals surface area (Å²) in [5.74, 6) is 0. The minimum Gasteiger partial charge on any atom is -0.371 e. The van der Waals surface area contributed by atoms with E-state index in [0.717, 1.165) is 43.7 Å². The van der Waals surface area contributed by atoms with Gasteiger partial charge < -0.3 is 24.9 Å². The first kappa shape index (κ1) is 51.7. The van der Waals surface area contributed by atoms with E-state index in [2.05, 4.69) is 218 Å². The summed E-state index contributed by atoms with van der Waals surface area (Å²) in [5.41, 5.74) is 10.8. The van der Waals surface area contributed by atoms with Crippen LogP contribution in [0.3, 0.4) is 0 Å². The Morgan fingerprint density at radius 1 is 0.394 bits per heavy atom. The number of piperidine rings is 1. The van der Waals surface area contributed by atoms with Crippen molar-refractivity contribution in [3.63, 3.8) is 0 Å². The van der Waals surface area contributed by atoms with Crippen molar-refractivity contribution in [2.24, 2.45) is 0 Å². The summed E-state index contributed by atoms with van der Waals surface area (Å²) < 4.78 is 1.15. The molecule has 0 bridgehead atoms. The second-order valence-electron chi connectivity index (χ2n) is 17.9. The Labute approximate surface area is 419 Å². The van der Waals surface area contributed by atoms with Gasteiger partial charge in [0, 0.05) is 99.3 Å². The number of likely N-dealkylation sites (N-methyl/N-ethyl adjacent to an activating group) is 2. The molecule has 350 valence electrons. The van der Waals surface area contributed by atoms with Crippen LogP contribution in [0.15, 0.2) is 161 Å². The number of anilines is 2. The molecule has 0 saturated carbocycles. The minimum atomic E-state index is 1.11. The smallest absolute Gasteiger partial charge is 0.0508 e. The van der Waals surface area contributed by atoms with E-state index in [1.54, 1.807) is 11.8 Å². The average molecular weight is 1000 g/mol. The summed E-state index contributed by atoms with van der Waals surface area (Å²) in [6, 6.07) is 46.0. The number of benzene rings is 6. The molecule has 66 heavy (non-hydrogen) atoms. The van der Waals surface area contributed by atoms with E-state index in [4.69, 9.17) is 0 Å². The molecule has 5 nitrogen and oxygen atoms in total. The van der Waals surface area contributed by atoms with E-state index < -0.39 is 0 Å². The van der Waals surface area contributed by atoms with Crippen molar-refractivity contribution >= 4 is 62.6 Å². The van der Waals surface area contributed by atoms with Crippen LogP contribution in [-0.4, -0.2) is 89.3 Å². The number of para-hydroxylation sites is 2. The molecule has 3 heterocycles. The SMILES string of the molecule is CN1CCNCC1.Cc1ccc(Sc2ccccc2Br)c(C)c1.Cc1ccc(Sc2ccccc2N2CCCCC2)c(C)c1.Cc1ccc(Sc2ccccc2N2CCN(C)CC2)c(C)c1. The van der Waals surface area contributed by atoms with Crippen LogP contribution in [0.1, 0.15) is 52.6 Å². The van der Waals surface area contributed by atoms with Gasteiger partial charge in [-0.15, -0.1) is 0 Å². The number of piperazine rings is 2. The molecule has 3 fully saturated rings. The van der Waals surface area contributed by atoms with Crippen LogP contribution in [0.2, 0.25) is 0 Å². The lowest BCUT2D eigenvalue weighted by molar-refractivity contribution is 0.291. The van der Waals surface area contributed by atoms with Crippen molar-refractivity contribution < 1.29 is 0 Å². The third-order valence-electron chi connectivity index (χ3n) is 12.1. The predicted molar refractivity (Wildman–Crippen MR) is 293 cm³/mol. The van der Waals surface area contributed by atoms with E-state index in [0.29, 0.717) is 0 Å². The number of nitrogens with one attached hydrogen (secondary N) is 1. The average Bonchev–Trinajstić information content (AvgIpc) is 3.32. The third kappa shape index (κ3) is 16.2. The van der Waals surface area contributed by atoms with Gasteiger partial charge >= 0.3 is 0 Å². The van der Waals surface area contributed by atoms with Crippen molar-refractivity contribution in [1.82, 2.24) is 15.1 Å². The summed E-state index contributed by atoms with van der Waals surface area (Å²) in [5, 5.41) is 3.27. The van der Waals surface area contributed by atoms with Crippen molar-refractivity contribution in [2.75, 3.05) is 89.3 Å². The molecule has 0 spiro atoms. The van der Waals surface area contributed by atoms with Gasteiger partial charge in [-0.05, 0) is 162 Å². The summed E-state index contributed by atoms with van der Waals surface area (Å²) in [6.45, 7) is 24.6. The molecule has 3 aliphatic rings. The minimum absolute atomic E-state index is 1.11. The molecule has 3 aliphatic heterocycles. The zero-order valence-corrected chi connectivity index (χ0v) is 44.7. The molecule has 0 radical (unpaired) electrons. The normalized spacial score (nSPS) is 15.4. The van der Waals surface area contributed by atoms with Gasteiger partial charge in [-0.1, -0.05) is 125 Å². The standard InChI is InChI=1S/C19H24N2S.C19H23NS.C14H13BrS.C5H12N2/c1-15-8-9-18(16(2)14-15)22-19-7-5-4-6-17(19)21-12-10-20(3)11-13-21;1-15-10-11-18(16(2)14-15)21-19-9-5-4-8-17(19)20-12-6-3-7-13-20;1-10-7-8-13(11(2)9-10)16-14-6-4-3-5-12(14)15;1-7-4-2-6-3-5-7/h4-9,14H,10-13H2,1-3H3;4-5,8-11,14H,3,6-7,12-13H2,1-2H3;3-9H,1-2H3;6H,2-5H2,1H3. The van der Waals surface area contributed by atoms with Gasteiger partial charge in [-0.2, -0.15) is 0 Å². The van der Waals surface area contributed by atoms with Gasteiger partial charge in [0.2, 0.25) is 0 Å². The molecule has 6 aromatic rings. The molecule has 6 aromatic carbocycles. The fraction of sp³-hybridized carbons (Fsp3) is 0.368. The fourth-order valence-corrected chi connectivity index (χ4v) is 11.7. The molecule has 9 heteroatoms. The van der Waals surface area contributed by atoms with Crippen molar-refractivity contribution in [1.29, 1.82) is 0 Å². The van der Waals surface area contributed by atoms with Gasteiger partial charge in [-0.3, -0.25) is 0 Å². The molecule has 0 amide bonds. The largest absolute Gasteiger partial charge is 0.371 e. The molecule has 0 atom stereocenters. The van der Waals surface area contributed by atoms with Crippen LogP contribution in [0.25, 0.3) is 0 Å². The maximum atomic E-state index is 3.57. The molecular weight excluding hydrogens is 931 g/mol. The lowest BCUT2D eigenvalue weighted by Gasteiger charge is -2.35. The van der Waals surface area contributed by atoms with Crippen molar-refractivity contribution in [2.45, 2.75) is 90.2 Å². The summed E-state index contributed by atoms with van der Waals surface area (Å²) in [7, 11) is 4.36. The number of aryl methyl sites for hydroxylation is 6. The number of halogens is 1. The Kier molecular flexibility index (Phi) is 21.0. The van der Waals surface area contributed by atoms with E-state index >= 15 is 0 Å². The lowest BCUT2D eigenvalue weighted by Crippen LogP contribution is -2.44. The number of rotatable bonds is 8. The highest BCUT2D eigenvalue weighted by Gasteiger charge is 2.18. The number of hydrogen-bond donors (Lipinski definition) is 1. The van der Waals surface area contributed by atoms with Crippen LogP contribution in [0.4, 0.5) is 11.4 Å². The molecule has 0 aromatic heterocycles. The molecule has 9 rings (SSSR count). The number of nitrogens with zero attached hydrogens (tertiary/aromatic N) is 4. The zero-order chi connectivity index (χ0) is 46.8. The first-order chi connectivity index (χ1) is 31.9. The Morgan fingerprint density at radius 2 is 0.773 bits per heavy atom. The van der Waals surface area contributed by atoms with E-state index in [1.807, 2.05) is 29.6 Å². The molecule has 3 saturated heterocycles. The van der Waals surface area contributed by atoms with Crippen LogP contribution in [-0.2, 0) is 0 Å². The summed E-state index contributed by atoms with van der Waals surface area (Å²) in [4.78, 5) is 17.8. The predicted octanol–water partition coefficient (Wildman–Crippen LogP) is 14.4. The highest BCUT2D eigenvalue weighted by molar-refractivity contribution is 9.10. The summed E-state index contributed by atoms with van der Waals surface area (Å²) >= 11 is 9.16. The molecule has 0 unspecified atom stereocenters. The monoisotopic (exact) mass is 1000 g/mol. The van der Waals surface area contributed by atoms with Crippen LogP contribution in [0, 0.1) is 41.5 Å². The Morgan fingerprint density at radius 3 is 1.18 bits per heavy atom. The van der Waals surface area contributed by atoms with E-state index in [1.165, 1.54) is 120 Å². The van der Waals surface area contributed by atoms with Crippen molar-refractivity contribution in [3.05, 3.63) is 165 Å². The quantitative estimate of drug-likeness (QED) is 0.161. The highest BCUT2D eigenvalue weighted by Crippen LogP contribution is 2.39. The van der Waals surface area contributed by atoms with Crippen LogP contribution < -0.4 is 15.1 Å². The van der Waals surface area contributed by atoms with E-state index in [-0.39, 0.29) is 0 Å². The number of hydrogen-bond acceptors (Lipinski definition) is 8. The zero-order valence-electron chi connectivity index (χ0n) is 40.7. The topological polar surface area (TPSA) is 25.0 Å². The lowest BCUT2D eigenvalue weighted by atomic mass is 10.1. The van der Waals surface area contributed by atoms with Gasteiger partial charge in [0.15, 0.2) is 0 Å². The van der Waals surface area contributed by atoms with Crippen LogP contribution >= 0.6 is 51.2 Å². The van der Waals surface area contributed by atoms with Gasteiger partial charge in [0.05, 0.1) is 11.4 Å². The maximum Gasteiger partial charge on any atom is 0.0508 e. The maximum absolute atomic E-state index is 3.57. The van der Waals surface area contributed by atoms with Crippen LogP contribution in [0.5, 0.6) is 0 Å². The second-order valence-corrected chi connectivity index (χ2v) is 22.0. The molecule has 0 aliphatic carbocycles. The van der Waals surface area contributed by atoms with Crippen molar-refractivity contribution in [3.8, 4) is 0 Å². The van der Waals surface area contributed by atoms with Gasteiger partial charge in [0.25, 0.3) is 0 Å². The van der Waals surface area contributed by atoms with Gasteiger partial charge in [-0.25, -0.2) is 0 Å². The molecular formula is C57H72BrN5S3. The fourth-order valence-electron chi connectivity index (χ4n) is 8.19. The second kappa shape index (κ2) is 26.8. The first-order valence-corrected chi connectivity index (χ1v) is 26.9. The van der Waals surface area contributed by atoms with E-state index in [9.17, 15) is 0 Å². The Hall–Kier alpha value is -3.67. The first-order valence-electron chi connectivity index (χ1n) is 23.7.